The number of rotatable bonds is 9. The average Bonchev–Trinajstić information content (AvgIpc) is 3.07. The number of hydrogen-bond acceptors (Lipinski definition) is 7. The predicted molar refractivity (Wildman–Crippen MR) is 112 cm³/mol. The summed E-state index contributed by atoms with van der Waals surface area (Å²) >= 11 is 1.21. The van der Waals surface area contributed by atoms with Crippen LogP contribution in [0.5, 0.6) is 11.5 Å². The fraction of sp³-hybridized carbons (Fsp3) is 0.300. The fourth-order valence-corrected chi connectivity index (χ4v) is 3.85. The van der Waals surface area contributed by atoms with E-state index in [1.54, 1.807) is 37.4 Å². The lowest BCUT2D eigenvalue weighted by atomic mass is 10.3. The smallest absolute Gasteiger partial charge is 0.286 e. The molecule has 0 atom stereocenters. The van der Waals surface area contributed by atoms with E-state index in [9.17, 15) is 14.9 Å². The van der Waals surface area contributed by atoms with Crippen molar-refractivity contribution in [3.63, 3.8) is 0 Å². The number of nitrogens with zero attached hydrogens (tertiary/aromatic N) is 3. The maximum Gasteiger partial charge on any atom is 0.286 e. The van der Waals surface area contributed by atoms with Crippen molar-refractivity contribution in [1.29, 1.82) is 0 Å². The van der Waals surface area contributed by atoms with Gasteiger partial charge in [-0.1, -0.05) is 11.3 Å². The van der Waals surface area contributed by atoms with Crippen molar-refractivity contribution in [1.82, 2.24) is 4.57 Å². The van der Waals surface area contributed by atoms with Gasteiger partial charge in [0, 0.05) is 25.8 Å². The number of carbonyl (C=O) groups excluding carboxylic acids is 1. The van der Waals surface area contributed by atoms with Gasteiger partial charge in [0.15, 0.2) is 11.4 Å². The molecule has 0 unspecified atom stereocenters. The van der Waals surface area contributed by atoms with Crippen LogP contribution >= 0.6 is 11.3 Å². The molecule has 0 N–H and O–H groups in total. The zero-order valence-electron chi connectivity index (χ0n) is 16.6. The van der Waals surface area contributed by atoms with Crippen LogP contribution in [0.2, 0.25) is 0 Å². The predicted octanol–water partition coefficient (Wildman–Crippen LogP) is 3.16. The van der Waals surface area contributed by atoms with Gasteiger partial charge >= 0.3 is 0 Å². The van der Waals surface area contributed by atoms with Crippen LogP contribution < -0.4 is 14.3 Å². The molecule has 2 aromatic carbocycles. The first-order valence-electron chi connectivity index (χ1n) is 9.21. The Morgan fingerprint density at radius 3 is 2.50 bits per heavy atom. The molecule has 0 aliphatic rings. The van der Waals surface area contributed by atoms with Crippen molar-refractivity contribution in [3.05, 3.63) is 57.4 Å². The Kier molecular flexibility index (Phi) is 7.15. The molecule has 1 amide bonds. The van der Waals surface area contributed by atoms with Crippen LogP contribution in [-0.4, -0.2) is 42.3 Å². The van der Waals surface area contributed by atoms with Crippen molar-refractivity contribution in [3.8, 4) is 11.5 Å². The normalized spacial score (nSPS) is 11.6. The number of ether oxygens (including phenoxy) is 3. The first-order valence-corrected chi connectivity index (χ1v) is 10.0. The highest BCUT2D eigenvalue weighted by Crippen LogP contribution is 2.23. The third-order valence-electron chi connectivity index (χ3n) is 4.11. The summed E-state index contributed by atoms with van der Waals surface area (Å²) in [5, 5.41) is 11.0. The molecule has 0 saturated heterocycles. The highest BCUT2D eigenvalue weighted by Gasteiger charge is 2.13. The molecular weight excluding hydrogens is 410 g/mol. The van der Waals surface area contributed by atoms with E-state index in [1.165, 1.54) is 23.5 Å². The molecule has 1 aromatic heterocycles. The van der Waals surface area contributed by atoms with Gasteiger partial charge in [0.2, 0.25) is 0 Å². The number of nitro benzene ring substituents is 1. The minimum Gasteiger partial charge on any atom is -0.494 e. The molecule has 9 nitrogen and oxygen atoms in total. The molecule has 30 heavy (non-hydrogen) atoms. The Morgan fingerprint density at radius 2 is 1.87 bits per heavy atom. The first-order chi connectivity index (χ1) is 14.5. The van der Waals surface area contributed by atoms with Crippen LogP contribution in [0.3, 0.4) is 0 Å². The standard InChI is InChI=1S/C20H21N3O6S/c1-3-28-15-5-7-16(8-6-15)29-13-19(24)21-20-22(10-11-27-2)17-9-4-14(23(25)26)12-18(17)30-20/h4-9,12H,3,10-11,13H2,1-2H3. The van der Waals surface area contributed by atoms with Crippen LogP contribution in [0, 0.1) is 10.1 Å². The summed E-state index contributed by atoms with van der Waals surface area (Å²) < 4.78 is 18.5. The summed E-state index contributed by atoms with van der Waals surface area (Å²) in [4.78, 5) is 27.5. The maximum atomic E-state index is 12.4. The molecular formula is C20H21N3O6S. The minimum atomic E-state index is -0.462. The molecule has 158 valence electrons. The summed E-state index contributed by atoms with van der Waals surface area (Å²) in [7, 11) is 1.58. The van der Waals surface area contributed by atoms with Gasteiger partial charge in [-0.2, -0.15) is 4.99 Å². The number of fused-ring (bicyclic) bond motifs is 1. The summed E-state index contributed by atoms with van der Waals surface area (Å²) in [6.07, 6.45) is 0. The number of amides is 1. The van der Waals surface area contributed by atoms with E-state index >= 15 is 0 Å². The Morgan fingerprint density at radius 1 is 1.17 bits per heavy atom. The minimum absolute atomic E-state index is 0.0145. The van der Waals surface area contributed by atoms with Gasteiger partial charge in [0.1, 0.15) is 11.5 Å². The number of benzene rings is 2. The molecule has 1 heterocycles. The highest BCUT2D eigenvalue weighted by atomic mass is 32.1. The third kappa shape index (κ3) is 5.22. The van der Waals surface area contributed by atoms with Crippen LogP contribution in [0.15, 0.2) is 47.5 Å². The van der Waals surface area contributed by atoms with E-state index in [0.29, 0.717) is 35.0 Å². The largest absolute Gasteiger partial charge is 0.494 e. The third-order valence-corrected chi connectivity index (χ3v) is 5.15. The number of non-ortho nitro benzene ring substituents is 1. The lowest BCUT2D eigenvalue weighted by molar-refractivity contribution is -0.384. The van der Waals surface area contributed by atoms with Gasteiger partial charge in [0.05, 0.1) is 28.4 Å². The van der Waals surface area contributed by atoms with E-state index < -0.39 is 10.8 Å². The highest BCUT2D eigenvalue weighted by molar-refractivity contribution is 7.16. The Hall–Kier alpha value is -3.24. The molecule has 0 aliphatic carbocycles. The molecule has 0 saturated carbocycles. The molecule has 3 rings (SSSR count). The fourth-order valence-electron chi connectivity index (χ4n) is 2.74. The van der Waals surface area contributed by atoms with E-state index in [0.717, 1.165) is 11.3 Å². The van der Waals surface area contributed by atoms with Crippen molar-refractivity contribution in [2.75, 3.05) is 26.9 Å². The van der Waals surface area contributed by atoms with Gasteiger partial charge in [-0.05, 0) is 37.3 Å². The second-order valence-corrected chi connectivity index (χ2v) is 7.15. The number of carbonyl (C=O) groups is 1. The zero-order valence-corrected chi connectivity index (χ0v) is 17.4. The Labute approximate surface area is 176 Å². The molecule has 3 aromatic rings. The quantitative estimate of drug-likeness (QED) is 0.381. The van der Waals surface area contributed by atoms with Crippen LogP contribution in [0.25, 0.3) is 10.2 Å². The van der Waals surface area contributed by atoms with E-state index in [4.69, 9.17) is 14.2 Å². The first kappa shape index (κ1) is 21.5. The Bertz CT molecular complexity index is 1100. The summed E-state index contributed by atoms with van der Waals surface area (Å²) in [5.41, 5.74) is 0.737. The van der Waals surface area contributed by atoms with E-state index in [2.05, 4.69) is 4.99 Å². The number of hydrogen-bond donors (Lipinski definition) is 0. The molecule has 0 fully saturated rings. The second kappa shape index (κ2) is 9.99. The van der Waals surface area contributed by atoms with E-state index in [-0.39, 0.29) is 12.3 Å². The van der Waals surface area contributed by atoms with Gasteiger partial charge in [0.25, 0.3) is 11.6 Å². The number of thiazole rings is 1. The average molecular weight is 431 g/mol. The summed E-state index contributed by atoms with van der Waals surface area (Å²) in [6, 6.07) is 11.5. The molecule has 0 spiro atoms. The lowest BCUT2D eigenvalue weighted by Crippen LogP contribution is -2.21. The summed E-state index contributed by atoms with van der Waals surface area (Å²) in [6.45, 7) is 3.11. The van der Waals surface area contributed by atoms with Crippen molar-refractivity contribution in [2.24, 2.45) is 4.99 Å². The lowest BCUT2D eigenvalue weighted by Gasteiger charge is -2.06. The van der Waals surface area contributed by atoms with Crippen LogP contribution in [-0.2, 0) is 16.1 Å². The molecule has 0 aliphatic heterocycles. The number of nitro groups is 1. The zero-order chi connectivity index (χ0) is 21.5. The van der Waals surface area contributed by atoms with Crippen LogP contribution in [0.1, 0.15) is 6.92 Å². The monoisotopic (exact) mass is 431 g/mol. The van der Waals surface area contributed by atoms with Crippen LogP contribution in [0.4, 0.5) is 5.69 Å². The van der Waals surface area contributed by atoms with E-state index in [1.807, 2.05) is 11.5 Å². The topological polar surface area (TPSA) is 105 Å². The molecule has 10 heteroatoms. The van der Waals surface area contributed by atoms with Gasteiger partial charge in [-0.25, -0.2) is 0 Å². The van der Waals surface area contributed by atoms with Crippen molar-refractivity contribution in [2.45, 2.75) is 13.5 Å². The van der Waals surface area contributed by atoms with Gasteiger partial charge in [-0.15, -0.1) is 0 Å². The Balaban J connectivity index is 1.82. The van der Waals surface area contributed by atoms with Crippen molar-refractivity contribution >= 4 is 33.1 Å². The SMILES string of the molecule is CCOc1ccc(OCC(=O)N=c2sc3cc([N+](=O)[O-])ccc3n2CCOC)cc1. The number of methoxy groups -OCH3 is 1. The second-order valence-electron chi connectivity index (χ2n) is 6.14. The van der Waals surface area contributed by atoms with Gasteiger partial charge < -0.3 is 18.8 Å². The van der Waals surface area contributed by atoms with Gasteiger partial charge in [-0.3, -0.25) is 14.9 Å². The summed E-state index contributed by atoms with van der Waals surface area (Å²) in [5.74, 6) is 0.789. The van der Waals surface area contributed by atoms with Crippen molar-refractivity contribution < 1.29 is 23.9 Å². The molecule has 0 radical (unpaired) electrons. The molecule has 0 bridgehead atoms. The maximum absolute atomic E-state index is 12.4. The number of aromatic nitrogens is 1.